The quantitative estimate of drug-likeness (QED) is 0.861. The lowest BCUT2D eigenvalue weighted by Gasteiger charge is -2.33. The molecule has 0 unspecified atom stereocenters. The minimum Gasteiger partial charge on any atom is -0.370 e. The lowest BCUT2D eigenvalue weighted by Crippen LogP contribution is -2.34. The van der Waals surface area contributed by atoms with Crippen LogP contribution in [0.3, 0.4) is 0 Å². The zero-order chi connectivity index (χ0) is 14.4. The summed E-state index contributed by atoms with van der Waals surface area (Å²) in [7, 11) is 2.20. The van der Waals surface area contributed by atoms with Gasteiger partial charge in [0.2, 0.25) is 0 Å². The molecule has 112 valence electrons. The predicted molar refractivity (Wildman–Crippen MR) is 85.5 cm³/mol. The molecular formula is C16H28N4. The summed E-state index contributed by atoms with van der Waals surface area (Å²) < 4.78 is 0. The van der Waals surface area contributed by atoms with Gasteiger partial charge in [0.05, 0.1) is 0 Å². The molecule has 1 aliphatic rings. The maximum atomic E-state index is 4.59. The highest BCUT2D eigenvalue weighted by Gasteiger charge is 2.22. The van der Waals surface area contributed by atoms with Crippen LogP contribution in [0.5, 0.6) is 0 Å². The van der Waals surface area contributed by atoms with Crippen molar-refractivity contribution in [1.29, 1.82) is 0 Å². The summed E-state index contributed by atoms with van der Waals surface area (Å²) in [4.78, 5) is 11.4. The van der Waals surface area contributed by atoms with Crippen molar-refractivity contribution in [3.05, 3.63) is 11.9 Å². The Kier molecular flexibility index (Phi) is 5.62. The summed E-state index contributed by atoms with van der Waals surface area (Å²) in [6.07, 6.45) is 10.5. The van der Waals surface area contributed by atoms with Crippen LogP contribution in [-0.4, -0.2) is 29.6 Å². The van der Waals surface area contributed by atoms with Gasteiger partial charge in [0.25, 0.3) is 0 Å². The van der Waals surface area contributed by atoms with Gasteiger partial charge in [-0.3, -0.25) is 0 Å². The smallest absolute Gasteiger partial charge is 0.137 e. The number of nitrogens with zero attached hydrogens (tertiary/aromatic N) is 3. The van der Waals surface area contributed by atoms with Crippen LogP contribution in [0.1, 0.15) is 57.9 Å². The Balaban J connectivity index is 2.26. The Morgan fingerprint density at radius 3 is 2.60 bits per heavy atom. The average Bonchev–Trinajstić information content (AvgIpc) is 2.49. The molecule has 2 rings (SSSR count). The van der Waals surface area contributed by atoms with Crippen LogP contribution in [0, 0.1) is 0 Å². The molecule has 1 fully saturated rings. The molecule has 20 heavy (non-hydrogen) atoms. The van der Waals surface area contributed by atoms with Gasteiger partial charge in [-0.1, -0.05) is 32.6 Å². The molecule has 0 saturated heterocycles. The highest BCUT2D eigenvalue weighted by Crippen LogP contribution is 2.30. The van der Waals surface area contributed by atoms with Crippen LogP contribution in [-0.2, 0) is 6.42 Å². The average molecular weight is 276 g/mol. The molecule has 1 N–H and O–H groups in total. The van der Waals surface area contributed by atoms with Crippen molar-refractivity contribution in [2.45, 2.75) is 64.8 Å². The van der Waals surface area contributed by atoms with Crippen molar-refractivity contribution in [2.24, 2.45) is 0 Å². The van der Waals surface area contributed by atoms with E-state index in [1.807, 2.05) is 0 Å². The first kappa shape index (κ1) is 15.1. The van der Waals surface area contributed by atoms with Crippen molar-refractivity contribution in [3.63, 3.8) is 0 Å². The van der Waals surface area contributed by atoms with Crippen molar-refractivity contribution in [3.8, 4) is 0 Å². The first-order valence-electron chi connectivity index (χ1n) is 8.08. The van der Waals surface area contributed by atoms with E-state index in [4.69, 9.17) is 0 Å². The second-order valence-corrected chi connectivity index (χ2v) is 5.71. The first-order chi connectivity index (χ1) is 9.77. The Bertz CT molecular complexity index is 413. The number of hydrogen-bond acceptors (Lipinski definition) is 4. The summed E-state index contributed by atoms with van der Waals surface area (Å²) in [5.41, 5.74) is 1.28. The van der Waals surface area contributed by atoms with E-state index in [1.54, 1.807) is 6.33 Å². The Morgan fingerprint density at radius 2 is 1.95 bits per heavy atom. The lowest BCUT2D eigenvalue weighted by molar-refractivity contribution is 0.425. The molecule has 1 aromatic heterocycles. The molecule has 1 saturated carbocycles. The highest BCUT2D eigenvalue weighted by atomic mass is 15.2. The number of aromatic nitrogens is 2. The highest BCUT2D eigenvalue weighted by molar-refractivity contribution is 5.59. The number of rotatable bonds is 6. The van der Waals surface area contributed by atoms with Gasteiger partial charge in [-0.2, -0.15) is 0 Å². The zero-order valence-electron chi connectivity index (χ0n) is 13.2. The Morgan fingerprint density at radius 1 is 1.20 bits per heavy atom. The van der Waals surface area contributed by atoms with Crippen molar-refractivity contribution >= 4 is 11.6 Å². The summed E-state index contributed by atoms with van der Waals surface area (Å²) in [5, 5.41) is 3.38. The topological polar surface area (TPSA) is 41.1 Å². The van der Waals surface area contributed by atoms with Gasteiger partial charge >= 0.3 is 0 Å². The van der Waals surface area contributed by atoms with Gasteiger partial charge < -0.3 is 10.2 Å². The maximum absolute atomic E-state index is 4.59. The van der Waals surface area contributed by atoms with Gasteiger partial charge in [-0.15, -0.1) is 0 Å². The third kappa shape index (κ3) is 3.41. The van der Waals surface area contributed by atoms with E-state index in [2.05, 4.69) is 41.1 Å². The van der Waals surface area contributed by atoms with Crippen LogP contribution < -0.4 is 10.2 Å². The monoisotopic (exact) mass is 276 g/mol. The van der Waals surface area contributed by atoms with E-state index in [9.17, 15) is 0 Å². The maximum Gasteiger partial charge on any atom is 0.137 e. The first-order valence-corrected chi connectivity index (χ1v) is 8.08. The molecule has 0 aromatic carbocycles. The molecule has 0 atom stereocenters. The summed E-state index contributed by atoms with van der Waals surface area (Å²) >= 11 is 0. The van der Waals surface area contributed by atoms with E-state index in [1.165, 1.54) is 37.7 Å². The lowest BCUT2D eigenvalue weighted by atomic mass is 9.94. The third-order valence-electron chi connectivity index (χ3n) is 4.22. The second-order valence-electron chi connectivity index (χ2n) is 5.71. The van der Waals surface area contributed by atoms with Crippen LogP contribution in [0.25, 0.3) is 0 Å². The van der Waals surface area contributed by atoms with Crippen molar-refractivity contribution in [1.82, 2.24) is 9.97 Å². The van der Waals surface area contributed by atoms with Gasteiger partial charge in [0.1, 0.15) is 18.0 Å². The van der Waals surface area contributed by atoms with Crippen LogP contribution in [0.4, 0.5) is 11.6 Å². The van der Waals surface area contributed by atoms with E-state index in [-0.39, 0.29) is 0 Å². The van der Waals surface area contributed by atoms with Gasteiger partial charge in [0.15, 0.2) is 0 Å². The fraction of sp³-hybridized carbons (Fsp3) is 0.750. The molecular weight excluding hydrogens is 248 g/mol. The Labute approximate surface area is 123 Å². The SMILES string of the molecule is CCCc1c(NCC)ncnc1N(C)C1CCCCC1. The molecule has 1 aliphatic carbocycles. The van der Waals surface area contributed by atoms with Crippen molar-refractivity contribution in [2.75, 3.05) is 23.8 Å². The molecule has 4 heteroatoms. The van der Waals surface area contributed by atoms with Gasteiger partial charge in [-0.05, 0) is 26.2 Å². The van der Waals surface area contributed by atoms with E-state index < -0.39 is 0 Å². The molecule has 4 nitrogen and oxygen atoms in total. The van der Waals surface area contributed by atoms with Gasteiger partial charge in [-0.25, -0.2) is 9.97 Å². The minimum atomic E-state index is 0.642. The normalized spacial score (nSPS) is 16.1. The number of hydrogen-bond donors (Lipinski definition) is 1. The number of anilines is 2. The third-order valence-corrected chi connectivity index (χ3v) is 4.22. The van der Waals surface area contributed by atoms with Crippen LogP contribution >= 0.6 is 0 Å². The van der Waals surface area contributed by atoms with Crippen molar-refractivity contribution < 1.29 is 0 Å². The fourth-order valence-corrected chi connectivity index (χ4v) is 3.15. The molecule has 1 heterocycles. The molecule has 0 amide bonds. The van der Waals surface area contributed by atoms with E-state index >= 15 is 0 Å². The Hall–Kier alpha value is -1.32. The number of nitrogens with one attached hydrogen (secondary N) is 1. The largest absolute Gasteiger partial charge is 0.370 e. The zero-order valence-corrected chi connectivity index (χ0v) is 13.2. The summed E-state index contributed by atoms with van der Waals surface area (Å²) in [5.74, 6) is 2.15. The van der Waals surface area contributed by atoms with Crippen LogP contribution in [0.2, 0.25) is 0 Å². The molecule has 0 bridgehead atoms. The van der Waals surface area contributed by atoms with Gasteiger partial charge in [0, 0.05) is 25.2 Å². The summed E-state index contributed by atoms with van der Waals surface area (Å²) in [6.45, 7) is 5.23. The molecule has 0 radical (unpaired) electrons. The van der Waals surface area contributed by atoms with E-state index in [0.29, 0.717) is 6.04 Å². The predicted octanol–water partition coefficient (Wildman–Crippen LogP) is 3.63. The molecule has 1 aromatic rings. The molecule has 0 aliphatic heterocycles. The minimum absolute atomic E-state index is 0.642. The fourth-order valence-electron chi connectivity index (χ4n) is 3.15. The summed E-state index contributed by atoms with van der Waals surface area (Å²) in [6, 6.07) is 0.642. The second kappa shape index (κ2) is 7.46. The molecule has 0 spiro atoms. The van der Waals surface area contributed by atoms with Crippen LogP contribution in [0.15, 0.2) is 6.33 Å². The van der Waals surface area contributed by atoms with E-state index in [0.717, 1.165) is 31.0 Å². The standard InChI is InChI=1S/C16H28N4/c1-4-9-14-15(17-5-2)18-12-19-16(14)20(3)13-10-7-6-8-11-13/h12-13H,4-11H2,1-3H3,(H,17,18,19).